The first-order valence-electron chi connectivity index (χ1n) is 4.77. The number of hydrogen-bond donors (Lipinski definition) is 2. The number of ketones is 1. The van der Waals surface area contributed by atoms with Crippen molar-refractivity contribution >= 4 is 23.2 Å². The largest absolute Gasteiger partial charge is 0.339 e. The molecule has 0 bridgehead atoms. The molecule has 0 heterocycles. The maximum atomic E-state index is 11.3. The molecule has 0 atom stereocenters. The third-order valence-corrected chi connectivity index (χ3v) is 1.87. The standard InChI is InChI=1S/C11H13N3O2/c1-8(9(2)15)13-14-11(16)12-10-6-4-3-5-7-10/h3-7H,1-2H3,(H2,12,14,16)/b13-8+. The Bertz CT molecular complexity index is 412. The van der Waals surface area contributed by atoms with Gasteiger partial charge in [-0.05, 0) is 19.1 Å². The molecule has 0 aliphatic carbocycles. The first-order valence-corrected chi connectivity index (χ1v) is 4.77. The Hall–Kier alpha value is -2.17. The highest BCUT2D eigenvalue weighted by Gasteiger charge is 2.01. The second-order valence-corrected chi connectivity index (χ2v) is 3.19. The van der Waals surface area contributed by atoms with Crippen molar-refractivity contribution in [2.45, 2.75) is 13.8 Å². The third-order valence-electron chi connectivity index (χ3n) is 1.87. The van der Waals surface area contributed by atoms with Crippen molar-refractivity contribution in [3.8, 4) is 0 Å². The Morgan fingerprint density at radius 3 is 2.31 bits per heavy atom. The summed E-state index contributed by atoms with van der Waals surface area (Å²) in [5.41, 5.74) is 3.14. The van der Waals surface area contributed by atoms with E-state index in [4.69, 9.17) is 0 Å². The van der Waals surface area contributed by atoms with Crippen LogP contribution in [-0.2, 0) is 4.79 Å². The number of para-hydroxylation sites is 1. The number of carbonyl (C=O) groups is 2. The van der Waals surface area contributed by atoms with E-state index in [2.05, 4.69) is 15.8 Å². The molecule has 2 N–H and O–H groups in total. The van der Waals surface area contributed by atoms with Crippen LogP contribution >= 0.6 is 0 Å². The van der Waals surface area contributed by atoms with Gasteiger partial charge in [0.05, 0.1) is 0 Å². The van der Waals surface area contributed by atoms with Gasteiger partial charge in [-0.2, -0.15) is 5.10 Å². The zero-order chi connectivity index (χ0) is 12.0. The van der Waals surface area contributed by atoms with Crippen LogP contribution < -0.4 is 10.7 Å². The van der Waals surface area contributed by atoms with Crippen LogP contribution in [0.5, 0.6) is 0 Å². The number of rotatable bonds is 3. The SMILES string of the molecule is CC(=O)/C(C)=N/NC(=O)Nc1ccccc1. The molecule has 5 heteroatoms. The van der Waals surface area contributed by atoms with Gasteiger partial charge in [0.1, 0.15) is 5.71 Å². The van der Waals surface area contributed by atoms with E-state index in [1.54, 1.807) is 24.3 Å². The molecule has 1 rings (SSSR count). The molecule has 0 radical (unpaired) electrons. The summed E-state index contributed by atoms with van der Waals surface area (Å²) in [5.74, 6) is -0.181. The average molecular weight is 219 g/mol. The Morgan fingerprint density at radius 1 is 1.12 bits per heavy atom. The Kier molecular flexibility index (Phi) is 4.20. The molecule has 5 nitrogen and oxygen atoms in total. The molecule has 2 amide bonds. The van der Waals surface area contributed by atoms with E-state index in [0.29, 0.717) is 5.69 Å². The summed E-state index contributed by atoms with van der Waals surface area (Å²) in [7, 11) is 0. The van der Waals surface area contributed by atoms with E-state index in [1.165, 1.54) is 13.8 Å². The van der Waals surface area contributed by atoms with Crippen LogP contribution in [0.1, 0.15) is 13.8 Å². The number of hydrazone groups is 1. The molecule has 1 aromatic rings. The molecule has 0 spiro atoms. The van der Waals surface area contributed by atoms with Crippen LogP contribution in [0.3, 0.4) is 0 Å². The fourth-order valence-corrected chi connectivity index (χ4v) is 0.894. The molecule has 0 aliphatic rings. The minimum Gasteiger partial charge on any atom is -0.307 e. The van der Waals surface area contributed by atoms with Gasteiger partial charge in [-0.3, -0.25) is 4.79 Å². The van der Waals surface area contributed by atoms with Crippen LogP contribution in [0.2, 0.25) is 0 Å². The van der Waals surface area contributed by atoms with Crippen molar-refractivity contribution in [1.82, 2.24) is 5.43 Å². The molecule has 0 aliphatic heterocycles. The van der Waals surface area contributed by atoms with Gasteiger partial charge in [-0.1, -0.05) is 18.2 Å². The number of hydrogen-bond acceptors (Lipinski definition) is 3. The van der Waals surface area contributed by atoms with Crippen molar-refractivity contribution in [1.29, 1.82) is 0 Å². The fourth-order valence-electron chi connectivity index (χ4n) is 0.894. The van der Waals surface area contributed by atoms with Crippen molar-refractivity contribution in [2.24, 2.45) is 5.10 Å². The predicted molar refractivity (Wildman–Crippen MR) is 62.4 cm³/mol. The van der Waals surface area contributed by atoms with Crippen LogP contribution in [0.15, 0.2) is 35.4 Å². The monoisotopic (exact) mass is 219 g/mol. The van der Waals surface area contributed by atoms with Gasteiger partial charge in [0.15, 0.2) is 5.78 Å². The maximum Gasteiger partial charge on any atom is 0.339 e. The smallest absolute Gasteiger partial charge is 0.307 e. The number of anilines is 1. The molecule has 0 saturated carbocycles. The van der Waals surface area contributed by atoms with Crippen molar-refractivity contribution < 1.29 is 9.59 Å². The lowest BCUT2D eigenvalue weighted by atomic mass is 10.3. The highest BCUT2D eigenvalue weighted by molar-refractivity contribution is 6.38. The van der Waals surface area contributed by atoms with Gasteiger partial charge in [-0.25, -0.2) is 10.2 Å². The molecule has 0 unspecified atom stereocenters. The first kappa shape index (κ1) is 11.9. The minimum atomic E-state index is -0.480. The lowest BCUT2D eigenvalue weighted by Gasteiger charge is -2.03. The summed E-state index contributed by atoms with van der Waals surface area (Å²) in [6.45, 7) is 2.92. The Labute approximate surface area is 93.5 Å². The van der Waals surface area contributed by atoms with Crippen molar-refractivity contribution in [2.75, 3.05) is 5.32 Å². The number of urea groups is 1. The Balaban J connectivity index is 2.49. The van der Waals surface area contributed by atoms with Gasteiger partial charge >= 0.3 is 6.03 Å². The van der Waals surface area contributed by atoms with Crippen LogP contribution in [0, 0.1) is 0 Å². The lowest BCUT2D eigenvalue weighted by molar-refractivity contribution is -0.111. The van der Waals surface area contributed by atoms with E-state index in [-0.39, 0.29) is 11.5 Å². The van der Waals surface area contributed by atoms with Crippen LogP contribution in [0.25, 0.3) is 0 Å². The summed E-state index contributed by atoms with van der Waals surface area (Å²) in [6, 6.07) is 8.48. The highest BCUT2D eigenvalue weighted by Crippen LogP contribution is 2.03. The molecular weight excluding hydrogens is 206 g/mol. The number of Topliss-reactive ketones (excluding diaryl/α,β-unsaturated/α-hetero) is 1. The number of nitrogens with one attached hydrogen (secondary N) is 2. The van der Waals surface area contributed by atoms with Crippen molar-refractivity contribution in [3.05, 3.63) is 30.3 Å². The molecular formula is C11H13N3O2. The van der Waals surface area contributed by atoms with Gasteiger partial charge < -0.3 is 5.32 Å². The number of carbonyl (C=O) groups excluding carboxylic acids is 2. The summed E-state index contributed by atoms with van der Waals surface area (Å²) in [4.78, 5) is 22.1. The Morgan fingerprint density at radius 2 is 1.75 bits per heavy atom. The molecule has 0 fully saturated rings. The summed E-state index contributed by atoms with van der Waals surface area (Å²) in [5, 5.41) is 6.19. The second kappa shape index (κ2) is 5.65. The molecule has 0 aromatic heterocycles. The quantitative estimate of drug-likeness (QED) is 0.600. The summed E-state index contributed by atoms with van der Waals surface area (Å²) >= 11 is 0. The predicted octanol–water partition coefficient (Wildman–Crippen LogP) is 1.77. The average Bonchev–Trinajstić information content (AvgIpc) is 2.27. The summed E-state index contributed by atoms with van der Waals surface area (Å²) in [6.07, 6.45) is 0. The van der Waals surface area contributed by atoms with E-state index in [1.807, 2.05) is 6.07 Å². The zero-order valence-electron chi connectivity index (χ0n) is 9.15. The van der Waals surface area contributed by atoms with Crippen molar-refractivity contribution in [3.63, 3.8) is 0 Å². The third kappa shape index (κ3) is 3.91. The van der Waals surface area contributed by atoms with E-state index in [9.17, 15) is 9.59 Å². The maximum absolute atomic E-state index is 11.3. The normalized spacial score (nSPS) is 10.8. The molecule has 0 saturated heterocycles. The van der Waals surface area contributed by atoms with Gasteiger partial charge in [0, 0.05) is 12.6 Å². The lowest BCUT2D eigenvalue weighted by Crippen LogP contribution is -2.26. The fraction of sp³-hybridized carbons (Fsp3) is 0.182. The van der Waals surface area contributed by atoms with Gasteiger partial charge in [0.2, 0.25) is 0 Å². The van der Waals surface area contributed by atoms with Gasteiger partial charge in [0.25, 0.3) is 0 Å². The van der Waals surface area contributed by atoms with E-state index < -0.39 is 6.03 Å². The molecule has 1 aromatic carbocycles. The number of amides is 2. The van der Waals surface area contributed by atoms with E-state index in [0.717, 1.165) is 0 Å². The highest BCUT2D eigenvalue weighted by atomic mass is 16.2. The van der Waals surface area contributed by atoms with E-state index >= 15 is 0 Å². The summed E-state index contributed by atoms with van der Waals surface area (Å²) < 4.78 is 0. The molecule has 84 valence electrons. The minimum absolute atomic E-state index is 0.181. The zero-order valence-corrected chi connectivity index (χ0v) is 9.15. The molecule has 16 heavy (non-hydrogen) atoms. The second-order valence-electron chi connectivity index (χ2n) is 3.19. The first-order chi connectivity index (χ1) is 7.59. The van der Waals surface area contributed by atoms with Gasteiger partial charge in [-0.15, -0.1) is 0 Å². The number of benzene rings is 1. The van der Waals surface area contributed by atoms with Crippen LogP contribution in [0.4, 0.5) is 10.5 Å². The van der Waals surface area contributed by atoms with Crippen LogP contribution in [-0.4, -0.2) is 17.5 Å². The number of nitrogens with zero attached hydrogens (tertiary/aromatic N) is 1. The topological polar surface area (TPSA) is 70.6 Å².